The molecule has 20 heavy (non-hydrogen) atoms. The second-order valence-corrected chi connectivity index (χ2v) is 5.49. The number of nitrogens with one attached hydrogen (secondary N) is 2. The summed E-state index contributed by atoms with van der Waals surface area (Å²) in [5.74, 6) is 0.0715. The summed E-state index contributed by atoms with van der Waals surface area (Å²) < 4.78 is 5.87. The van der Waals surface area contributed by atoms with Crippen LogP contribution in [0.4, 0.5) is 4.79 Å². The van der Waals surface area contributed by atoms with Crippen LogP contribution in [0.25, 0.3) is 0 Å². The summed E-state index contributed by atoms with van der Waals surface area (Å²) in [5, 5.41) is 6.90. The van der Waals surface area contributed by atoms with E-state index < -0.39 is 6.03 Å². The molecule has 7 heteroatoms. The van der Waals surface area contributed by atoms with Crippen molar-refractivity contribution in [3.05, 3.63) is 33.8 Å². The Labute approximate surface area is 127 Å². The third-order valence-corrected chi connectivity index (χ3v) is 3.96. The van der Waals surface area contributed by atoms with Crippen molar-refractivity contribution in [3.8, 4) is 0 Å². The van der Waals surface area contributed by atoms with Gasteiger partial charge in [-0.2, -0.15) is 0 Å². The molecule has 0 aromatic heterocycles. The van der Waals surface area contributed by atoms with E-state index in [4.69, 9.17) is 33.7 Å². The number of carbonyl (C=O) groups excluding carboxylic acids is 1. The molecular formula is C13H17Cl2N3O2. The van der Waals surface area contributed by atoms with Crippen molar-refractivity contribution in [2.45, 2.75) is 6.10 Å². The molecule has 1 fully saturated rings. The first-order valence-electron chi connectivity index (χ1n) is 6.38. The number of benzene rings is 1. The Morgan fingerprint density at radius 3 is 2.95 bits per heavy atom. The number of ether oxygens (including phenoxy) is 1. The highest BCUT2D eigenvalue weighted by molar-refractivity contribution is 6.42. The minimum absolute atomic E-state index is 0.0715. The molecule has 0 bridgehead atoms. The van der Waals surface area contributed by atoms with Gasteiger partial charge in [-0.25, -0.2) is 4.79 Å². The summed E-state index contributed by atoms with van der Waals surface area (Å²) >= 11 is 12.0. The maximum absolute atomic E-state index is 10.9. The lowest BCUT2D eigenvalue weighted by atomic mass is 9.95. The van der Waals surface area contributed by atoms with E-state index in [0.717, 1.165) is 18.7 Å². The second kappa shape index (κ2) is 7.13. The van der Waals surface area contributed by atoms with Gasteiger partial charge in [-0.3, -0.25) is 0 Å². The van der Waals surface area contributed by atoms with Gasteiger partial charge in [0.1, 0.15) is 0 Å². The average molecular weight is 318 g/mol. The van der Waals surface area contributed by atoms with Crippen LogP contribution >= 0.6 is 23.2 Å². The fourth-order valence-corrected chi connectivity index (χ4v) is 2.56. The summed E-state index contributed by atoms with van der Waals surface area (Å²) in [6.45, 7) is 2.53. The van der Waals surface area contributed by atoms with Crippen LogP contribution in [0.3, 0.4) is 0 Å². The number of hydrogen-bond acceptors (Lipinski definition) is 3. The van der Waals surface area contributed by atoms with Gasteiger partial charge in [-0.05, 0) is 17.7 Å². The molecule has 0 radical (unpaired) electrons. The van der Waals surface area contributed by atoms with E-state index in [1.54, 1.807) is 12.1 Å². The molecule has 2 amide bonds. The van der Waals surface area contributed by atoms with Gasteiger partial charge in [-0.1, -0.05) is 29.3 Å². The van der Waals surface area contributed by atoms with Gasteiger partial charge in [0.25, 0.3) is 0 Å². The van der Waals surface area contributed by atoms with Crippen molar-refractivity contribution in [2.24, 2.45) is 11.7 Å². The Kier molecular flexibility index (Phi) is 5.48. The first-order valence-corrected chi connectivity index (χ1v) is 7.14. The van der Waals surface area contributed by atoms with E-state index in [-0.39, 0.29) is 12.0 Å². The van der Waals surface area contributed by atoms with Crippen molar-refractivity contribution in [1.29, 1.82) is 0 Å². The third-order valence-electron chi connectivity index (χ3n) is 3.22. The van der Waals surface area contributed by atoms with Crippen LogP contribution in [0.1, 0.15) is 11.7 Å². The van der Waals surface area contributed by atoms with Gasteiger partial charge in [0.05, 0.1) is 22.8 Å². The molecule has 1 heterocycles. The number of nitrogens with two attached hydrogens (primary N) is 1. The van der Waals surface area contributed by atoms with Crippen molar-refractivity contribution in [2.75, 3.05) is 26.2 Å². The molecule has 1 saturated heterocycles. The highest BCUT2D eigenvalue weighted by Gasteiger charge is 2.26. The number of amides is 2. The molecule has 2 atom stereocenters. The van der Waals surface area contributed by atoms with E-state index in [1.165, 1.54) is 0 Å². The molecule has 1 aliphatic heterocycles. The van der Waals surface area contributed by atoms with Crippen LogP contribution < -0.4 is 16.4 Å². The van der Waals surface area contributed by atoms with Crippen molar-refractivity contribution in [3.63, 3.8) is 0 Å². The summed E-state index contributed by atoms with van der Waals surface area (Å²) in [4.78, 5) is 10.9. The van der Waals surface area contributed by atoms with Gasteiger partial charge >= 0.3 is 6.03 Å². The summed E-state index contributed by atoms with van der Waals surface area (Å²) in [6.07, 6.45) is -0.161. The van der Waals surface area contributed by atoms with Crippen LogP contribution in [0.15, 0.2) is 18.2 Å². The zero-order valence-corrected chi connectivity index (χ0v) is 12.4. The Morgan fingerprint density at radius 2 is 2.25 bits per heavy atom. The lowest BCUT2D eigenvalue weighted by Crippen LogP contribution is -2.38. The SMILES string of the molecule is NC(=O)NCC1CNCCOC1c1ccc(Cl)c(Cl)c1. The van der Waals surface area contributed by atoms with E-state index in [0.29, 0.717) is 23.2 Å². The highest BCUT2D eigenvalue weighted by Crippen LogP contribution is 2.31. The highest BCUT2D eigenvalue weighted by atomic mass is 35.5. The van der Waals surface area contributed by atoms with Crippen molar-refractivity contribution in [1.82, 2.24) is 10.6 Å². The molecule has 110 valence electrons. The fraction of sp³-hybridized carbons (Fsp3) is 0.462. The number of primary amides is 1. The molecule has 0 spiro atoms. The first kappa shape index (κ1) is 15.4. The van der Waals surface area contributed by atoms with Gasteiger partial charge in [0.2, 0.25) is 0 Å². The molecule has 2 unspecified atom stereocenters. The predicted molar refractivity (Wildman–Crippen MR) is 79.1 cm³/mol. The van der Waals surface area contributed by atoms with Gasteiger partial charge in [-0.15, -0.1) is 0 Å². The molecule has 5 nitrogen and oxygen atoms in total. The Balaban J connectivity index is 2.18. The summed E-state index contributed by atoms with van der Waals surface area (Å²) in [5.41, 5.74) is 6.07. The van der Waals surface area contributed by atoms with E-state index in [1.807, 2.05) is 6.07 Å². The van der Waals surface area contributed by atoms with E-state index >= 15 is 0 Å². The topological polar surface area (TPSA) is 76.4 Å². The monoisotopic (exact) mass is 317 g/mol. The van der Waals surface area contributed by atoms with Crippen LogP contribution in [-0.2, 0) is 4.74 Å². The standard InChI is InChI=1S/C13H17Cl2N3O2/c14-10-2-1-8(5-11(10)15)12-9(7-18-13(16)19)6-17-3-4-20-12/h1-2,5,9,12,17H,3-4,6-7H2,(H3,16,18,19). The molecule has 1 aliphatic rings. The predicted octanol–water partition coefficient (Wildman–Crippen LogP) is 1.94. The fourth-order valence-electron chi connectivity index (χ4n) is 2.26. The summed E-state index contributed by atoms with van der Waals surface area (Å²) in [7, 11) is 0. The largest absolute Gasteiger partial charge is 0.372 e. The molecular weight excluding hydrogens is 301 g/mol. The van der Waals surface area contributed by atoms with Crippen LogP contribution in [-0.4, -0.2) is 32.3 Å². The Hall–Kier alpha value is -1.01. The number of halogens is 2. The van der Waals surface area contributed by atoms with E-state index in [2.05, 4.69) is 10.6 Å². The molecule has 0 saturated carbocycles. The minimum Gasteiger partial charge on any atom is -0.372 e. The third kappa shape index (κ3) is 3.99. The van der Waals surface area contributed by atoms with Crippen LogP contribution in [0, 0.1) is 5.92 Å². The molecule has 1 aromatic carbocycles. The molecule has 4 N–H and O–H groups in total. The van der Waals surface area contributed by atoms with Crippen LogP contribution in [0.2, 0.25) is 10.0 Å². The maximum atomic E-state index is 10.9. The Bertz CT molecular complexity index is 485. The van der Waals surface area contributed by atoms with Crippen LogP contribution in [0.5, 0.6) is 0 Å². The van der Waals surface area contributed by atoms with Gasteiger partial charge in [0, 0.05) is 25.6 Å². The van der Waals surface area contributed by atoms with E-state index in [9.17, 15) is 4.79 Å². The molecule has 0 aliphatic carbocycles. The normalized spacial score (nSPS) is 23.1. The van der Waals surface area contributed by atoms with Crippen molar-refractivity contribution >= 4 is 29.2 Å². The first-order chi connectivity index (χ1) is 9.58. The number of carbonyl (C=O) groups is 1. The number of urea groups is 1. The smallest absolute Gasteiger partial charge is 0.312 e. The lowest BCUT2D eigenvalue weighted by molar-refractivity contribution is 0.0316. The second-order valence-electron chi connectivity index (χ2n) is 4.67. The quantitative estimate of drug-likeness (QED) is 0.797. The zero-order chi connectivity index (χ0) is 14.5. The average Bonchev–Trinajstić information content (AvgIpc) is 2.65. The summed E-state index contributed by atoms with van der Waals surface area (Å²) in [6, 6.07) is 4.90. The number of rotatable bonds is 3. The van der Waals surface area contributed by atoms with Gasteiger partial charge < -0.3 is 21.1 Å². The molecule has 1 aromatic rings. The minimum atomic E-state index is -0.540. The Morgan fingerprint density at radius 1 is 1.45 bits per heavy atom. The lowest BCUT2D eigenvalue weighted by Gasteiger charge is -2.25. The zero-order valence-electron chi connectivity index (χ0n) is 10.9. The maximum Gasteiger partial charge on any atom is 0.312 e. The van der Waals surface area contributed by atoms with Gasteiger partial charge in [0.15, 0.2) is 0 Å². The van der Waals surface area contributed by atoms with Crippen molar-refractivity contribution < 1.29 is 9.53 Å². The number of hydrogen-bond donors (Lipinski definition) is 3. The molecule has 2 rings (SSSR count).